The topological polar surface area (TPSA) is 85.3 Å². The molecular formula is C17H24N2O3S. The van der Waals surface area contributed by atoms with Gasteiger partial charge in [-0.1, -0.05) is 38.1 Å². The van der Waals surface area contributed by atoms with E-state index in [1.54, 1.807) is 13.8 Å². The van der Waals surface area contributed by atoms with Crippen LogP contribution in [0.3, 0.4) is 0 Å². The zero-order valence-corrected chi connectivity index (χ0v) is 14.8. The number of sulfonamides is 1. The second-order valence-corrected chi connectivity index (χ2v) is 7.79. The molecule has 0 saturated carbocycles. The van der Waals surface area contributed by atoms with Crippen molar-refractivity contribution in [2.45, 2.75) is 44.6 Å². The zero-order chi connectivity index (χ0) is 17.2. The average molecular weight is 336 g/mol. The molecule has 2 aromatic rings. The molecule has 1 unspecified atom stereocenters. The normalized spacial score (nSPS) is 13.5. The van der Waals surface area contributed by atoms with Crippen molar-refractivity contribution in [2.24, 2.45) is 5.73 Å². The van der Waals surface area contributed by atoms with Crippen molar-refractivity contribution in [2.75, 3.05) is 6.54 Å². The van der Waals surface area contributed by atoms with Crippen LogP contribution in [0.5, 0.6) is 0 Å². The van der Waals surface area contributed by atoms with Gasteiger partial charge in [0.1, 0.15) is 16.4 Å². The molecule has 0 aliphatic carbocycles. The highest BCUT2D eigenvalue weighted by molar-refractivity contribution is 7.89. The van der Waals surface area contributed by atoms with Crippen LogP contribution in [0.1, 0.15) is 48.5 Å². The van der Waals surface area contributed by atoms with E-state index in [9.17, 15) is 8.42 Å². The van der Waals surface area contributed by atoms with E-state index in [1.165, 1.54) is 11.6 Å². The van der Waals surface area contributed by atoms with Gasteiger partial charge in [-0.15, -0.1) is 0 Å². The number of hydrogen-bond acceptors (Lipinski definition) is 4. The van der Waals surface area contributed by atoms with Gasteiger partial charge in [-0.2, -0.15) is 0 Å². The monoisotopic (exact) mass is 336 g/mol. The summed E-state index contributed by atoms with van der Waals surface area (Å²) >= 11 is 0. The Labute approximate surface area is 137 Å². The minimum absolute atomic E-state index is 0.132. The molecule has 6 heteroatoms. The third-order valence-electron chi connectivity index (χ3n) is 3.81. The number of rotatable bonds is 6. The lowest BCUT2D eigenvalue weighted by molar-refractivity contribution is 0.495. The minimum atomic E-state index is -3.62. The van der Waals surface area contributed by atoms with E-state index in [0.717, 1.165) is 5.56 Å². The first-order chi connectivity index (χ1) is 10.7. The smallest absolute Gasteiger partial charge is 0.244 e. The fourth-order valence-electron chi connectivity index (χ4n) is 2.40. The summed E-state index contributed by atoms with van der Waals surface area (Å²) in [5.41, 5.74) is 8.23. The first-order valence-electron chi connectivity index (χ1n) is 7.63. The molecule has 0 spiro atoms. The second-order valence-electron chi connectivity index (χ2n) is 6.06. The Hall–Kier alpha value is -1.63. The van der Waals surface area contributed by atoms with Crippen LogP contribution in [0.25, 0.3) is 0 Å². The summed E-state index contributed by atoms with van der Waals surface area (Å²) in [6.07, 6.45) is 0. The molecule has 0 bridgehead atoms. The lowest BCUT2D eigenvalue weighted by Crippen LogP contribution is -2.32. The largest absolute Gasteiger partial charge is 0.465 e. The van der Waals surface area contributed by atoms with Gasteiger partial charge in [0.25, 0.3) is 0 Å². The Morgan fingerprint density at radius 2 is 1.70 bits per heavy atom. The number of nitrogens with one attached hydrogen (secondary N) is 1. The fourth-order valence-corrected chi connectivity index (χ4v) is 3.69. The molecule has 0 aliphatic rings. The van der Waals surface area contributed by atoms with Gasteiger partial charge in [-0.3, -0.25) is 0 Å². The SMILES string of the molecule is Cc1cc(S(=O)(=O)NCC(N)c2ccc(C(C)C)cc2)c(C)o1. The summed E-state index contributed by atoms with van der Waals surface area (Å²) in [7, 11) is -3.62. The predicted octanol–water partition coefficient (Wildman–Crippen LogP) is 3.00. The molecule has 0 aliphatic heterocycles. The highest BCUT2D eigenvalue weighted by Crippen LogP contribution is 2.20. The Kier molecular flexibility index (Phi) is 5.29. The molecule has 5 nitrogen and oxygen atoms in total. The fraction of sp³-hybridized carbons (Fsp3) is 0.412. The standard InChI is InChI=1S/C17H24N2O3S/c1-11(2)14-5-7-15(8-6-14)16(18)10-19-23(20,21)17-9-12(3)22-13(17)4/h5-9,11,16,19H,10,18H2,1-4H3. The van der Waals surface area contributed by atoms with Crippen LogP contribution >= 0.6 is 0 Å². The van der Waals surface area contributed by atoms with Gasteiger partial charge < -0.3 is 10.2 Å². The lowest BCUT2D eigenvalue weighted by atomic mass is 9.99. The third-order valence-corrected chi connectivity index (χ3v) is 5.34. The average Bonchev–Trinajstić information content (AvgIpc) is 2.84. The third kappa shape index (κ3) is 4.22. The lowest BCUT2D eigenvalue weighted by Gasteiger charge is -2.14. The molecule has 0 fully saturated rings. The van der Waals surface area contributed by atoms with Crippen LogP contribution in [-0.2, 0) is 10.0 Å². The van der Waals surface area contributed by atoms with Crippen molar-refractivity contribution in [1.82, 2.24) is 4.72 Å². The van der Waals surface area contributed by atoms with Gasteiger partial charge >= 0.3 is 0 Å². The van der Waals surface area contributed by atoms with Gasteiger partial charge in [0.2, 0.25) is 10.0 Å². The minimum Gasteiger partial charge on any atom is -0.465 e. The summed E-state index contributed by atoms with van der Waals surface area (Å²) in [4.78, 5) is 0.164. The van der Waals surface area contributed by atoms with Crippen LogP contribution in [-0.4, -0.2) is 15.0 Å². The van der Waals surface area contributed by atoms with E-state index in [4.69, 9.17) is 10.2 Å². The predicted molar refractivity (Wildman–Crippen MR) is 90.8 cm³/mol. The van der Waals surface area contributed by atoms with E-state index in [2.05, 4.69) is 18.6 Å². The van der Waals surface area contributed by atoms with Crippen molar-refractivity contribution in [3.63, 3.8) is 0 Å². The van der Waals surface area contributed by atoms with E-state index in [1.807, 2.05) is 24.3 Å². The Bertz CT molecular complexity index is 762. The molecule has 1 heterocycles. The van der Waals surface area contributed by atoms with Crippen molar-refractivity contribution in [3.05, 3.63) is 53.0 Å². The molecule has 0 radical (unpaired) electrons. The number of hydrogen-bond donors (Lipinski definition) is 2. The maximum Gasteiger partial charge on any atom is 0.244 e. The van der Waals surface area contributed by atoms with E-state index in [0.29, 0.717) is 17.4 Å². The second kappa shape index (κ2) is 6.86. The quantitative estimate of drug-likeness (QED) is 0.849. The summed E-state index contributed by atoms with van der Waals surface area (Å²) in [5.74, 6) is 1.40. The van der Waals surface area contributed by atoms with Crippen LogP contribution in [0, 0.1) is 13.8 Å². The number of nitrogens with two attached hydrogens (primary N) is 1. The molecule has 1 aromatic carbocycles. The van der Waals surface area contributed by atoms with Crippen LogP contribution in [0.4, 0.5) is 0 Å². The number of aryl methyl sites for hydroxylation is 2. The number of furan rings is 1. The van der Waals surface area contributed by atoms with E-state index in [-0.39, 0.29) is 11.4 Å². The van der Waals surface area contributed by atoms with Crippen molar-refractivity contribution < 1.29 is 12.8 Å². The Morgan fingerprint density at radius 3 is 2.17 bits per heavy atom. The van der Waals surface area contributed by atoms with Crippen LogP contribution in [0.15, 0.2) is 39.6 Å². The molecule has 1 aromatic heterocycles. The zero-order valence-electron chi connectivity index (χ0n) is 14.0. The van der Waals surface area contributed by atoms with Crippen molar-refractivity contribution in [3.8, 4) is 0 Å². The first-order valence-corrected chi connectivity index (χ1v) is 9.11. The highest BCUT2D eigenvalue weighted by atomic mass is 32.2. The van der Waals surface area contributed by atoms with Crippen molar-refractivity contribution >= 4 is 10.0 Å². The highest BCUT2D eigenvalue weighted by Gasteiger charge is 2.21. The van der Waals surface area contributed by atoms with Gasteiger partial charge in [-0.05, 0) is 37.0 Å². The van der Waals surface area contributed by atoms with Crippen molar-refractivity contribution in [1.29, 1.82) is 0 Å². The number of benzene rings is 1. The first kappa shape index (κ1) is 17.7. The van der Waals surface area contributed by atoms with Crippen LogP contribution in [0.2, 0.25) is 0 Å². The molecule has 126 valence electrons. The Balaban J connectivity index is 2.06. The van der Waals surface area contributed by atoms with E-state index < -0.39 is 16.1 Å². The van der Waals surface area contributed by atoms with Gasteiger partial charge in [-0.25, -0.2) is 13.1 Å². The molecular weight excluding hydrogens is 312 g/mol. The molecule has 2 rings (SSSR count). The van der Waals surface area contributed by atoms with Gasteiger partial charge in [0.15, 0.2) is 0 Å². The van der Waals surface area contributed by atoms with Gasteiger partial charge in [0, 0.05) is 12.6 Å². The molecule has 0 saturated heterocycles. The Morgan fingerprint density at radius 1 is 1.13 bits per heavy atom. The van der Waals surface area contributed by atoms with Gasteiger partial charge in [0.05, 0.1) is 0 Å². The molecule has 3 N–H and O–H groups in total. The summed E-state index contributed by atoms with van der Waals surface area (Å²) in [5, 5.41) is 0. The van der Waals surface area contributed by atoms with Crippen LogP contribution < -0.4 is 10.5 Å². The molecule has 23 heavy (non-hydrogen) atoms. The molecule has 0 amide bonds. The summed E-state index contributed by atoms with van der Waals surface area (Å²) in [6.45, 7) is 7.73. The maximum absolute atomic E-state index is 12.3. The summed E-state index contributed by atoms with van der Waals surface area (Å²) in [6, 6.07) is 9.05. The summed E-state index contributed by atoms with van der Waals surface area (Å²) < 4.78 is 32.5. The maximum atomic E-state index is 12.3. The molecule has 1 atom stereocenters. The van der Waals surface area contributed by atoms with E-state index >= 15 is 0 Å².